The molecule has 0 fully saturated rings. The van der Waals surface area contributed by atoms with Crippen molar-refractivity contribution in [2.45, 2.75) is 12.0 Å². The predicted molar refractivity (Wildman–Crippen MR) is 124 cm³/mol. The van der Waals surface area contributed by atoms with Crippen molar-refractivity contribution in [1.29, 1.82) is 0 Å². The van der Waals surface area contributed by atoms with Gasteiger partial charge in [0.25, 0.3) is 11.9 Å². The van der Waals surface area contributed by atoms with E-state index >= 15 is 0 Å². The highest BCUT2D eigenvalue weighted by molar-refractivity contribution is 14.1. The van der Waals surface area contributed by atoms with Gasteiger partial charge in [0.1, 0.15) is 5.75 Å². The first-order chi connectivity index (χ1) is 14.5. The van der Waals surface area contributed by atoms with Gasteiger partial charge in [-0.2, -0.15) is 0 Å². The Hall–Kier alpha value is -2.46. The standard InChI is InChI=1S/C22H15BrIN3O3/c23-14-10-17-20(26-12-14)29-18-7-6-15(24)11-16(18)22(17)8-9-25-21(30-22)27-19(28)13-4-2-1-3-5-13/h1-7,10-12H,8-9H2,(H,25,27,28). The topological polar surface area (TPSA) is 72.8 Å². The maximum atomic E-state index is 12.7. The monoisotopic (exact) mass is 575 g/mol. The summed E-state index contributed by atoms with van der Waals surface area (Å²) in [5, 5.41) is 2.81. The van der Waals surface area contributed by atoms with Gasteiger partial charge in [0, 0.05) is 38.3 Å². The number of carbonyl (C=O) groups is 1. The van der Waals surface area contributed by atoms with E-state index in [9.17, 15) is 4.79 Å². The number of aliphatic imine (C=N–C) groups is 1. The summed E-state index contributed by atoms with van der Waals surface area (Å²) >= 11 is 5.77. The van der Waals surface area contributed by atoms with Crippen LogP contribution in [0, 0.1) is 3.57 Å². The summed E-state index contributed by atoms with van der Waals surface area (Å²) in [6.45, 7) is 0.487. The number of aromatic nitrogens is 1. The van der Waals surface area contributed by atoms with Gasteiger partial charge in [-0.1, -0.05) is 18.2 Å². The summed E-state index contributed by atoms with van der Waals surface area (Å²) in [6, 6.07) is 17.1. The lowest BCUT2D eigenvalue weighted by Gasteiger charge is -2.41. The second-order valence-electron chi connectivity index (χ2n) is 6.93. The van der Waals surface area contributed by atoms with Crippen LogP contribution in [0.5, 0.6) is 11.6 Å². The van der Waals surface area contributed by atoms with Gasteiger partial charge in [0.05, 0.1) is 5.56 Å². The fourth-order valence-corrected chi connectivity index (χ4v) is 4.54. The number of nitrogens with one attached hydrogen (secondary N) is 1. The summed E-state index contributed by atoms with van der Waals surface area (Å²) in [7, 11) is 0. The molecule has 1 aromatic heterocycles. The molecule has 150 valence electrons. The van der Waals surface area contributed by atoms with Gasteiger partial charge in [-0.25, -0.2) is 9.98 Å². The van der Waals surface area contributed by atoms with Crippen molar-refractivity contribution in [2.75, 3.05) is 6.54 Å². The van der Waals surface area contributed by atoms with Crippen LogP contribution < -0.4 is 10.1 Å². The molecule has 0 bridgehead atoms. The van der Waals surface area contributed by atoms with Crippen LogP contribution in [0.15, 0.2) is 70.3 Å². The Bertz CT molecular complexity index is 1130. The highest BCUT2D eigenvalue weighted by Gasteiger charge is 2.48. The molecule has 0 aliphatic carbocycles. The van der Waals surface area contributed by atoms with Crippen molar-refractivity contribution in [3.8, 4) is 11.6 Å². The van der Waals surface area contributed by atoms with E-state index in [-0.39, 0.29) is 11.9 Å². The molecule has 0 radical (unpaired) electrons. The van der Waals surface area contributed by atoms with Crippen LogP contribution in [0.2, 0.25) is 0 Å². The lowest BCUT2D eigenvalue weighted by atomic mass is 9.81. The molecule has 1 amide bonds. The number of halogens is 2. The molecule has 0 saturated heterocycles. The molecule has 2 aliphatic heterocycles. The van der Waals surface area contributed by atoms with Gasteiger partial charge in [-0.05, 0) is 74.9 Å². The second-order valence-corrected chi connectivity index (χ2v) is 9.10. The lowest BCUT2D eigenvalue weighted by Crippen LogP contribution is -2.46. The summed E-state index contributed by atoms with van der Waals surface area (Å²) in [6.07, 6.45) is 2.29. The van der Waals surface area contributed by atoms with Gasteiger partial charge in [0.15, 0.2) is 5.60 Å². The van der Waals surface area contributed by atoms with Crippen LogP contribution in [-0.4, -0.2) is 23.5 Å². The van der Waals surface area contributed by atoms with Crippen LogP contribution in [0.3, 0.4) is 0 Å². The quantitative estimate of drug-likeness (QED) is 0.414. The normalized spacial score (nSPS) is 19.1. The average molecular weight is 576 g/mol. The Labute approximate surface area is 195 Å². The molecular weight excluding hydrogens is 561 g/mol. The van der Waals surface area contributed by atoms with Crippen molar-refractivity contribution in [1.82, 2.24) is 10.3 Å². The molecule has 3 aromatic rings. The Morgan fingerprint density at radius 2 is 1.97 bits per heavy atom. The molecule has 0 saturated carbocycles. The second kappa shape index (κ2) is 7.66. The number of amides is 1. The van der Waals surface area contributed by atoms with E-state index in [1.807, 2.05) is 42.5 Å². The first-order valence-corrected chi connectivity index (χ1v) is 11.2. The Kier molecular flexibility index (Phi) is 4.98. The SMILES string of the molecule is O=C(NC1=NCCC2(O1)c1cc(I)ccc1Oc1ncc(Br)cc12)c1ccccc1. The zero-order chi connectivity index (χ0) is 20.7. The number of nitrogens with zero attached hydrogens (tertiary/aromatic N) is 2. The molecule has 1 unspecified atom stereocenters. The van der Waals surface area contributed by atoms with E-state index in [0.717, 1.165) is 19.2 Å². The van der Waals surface area contributed by atoms with E-state index < -0.39 is 5.60 Å². The molecule has 1 N–H and O–H groups in total. The number of ether oxygens (including phenoxy) is 2. The number of amidine groups is 1. The minimum Gasteiger partial charge on any atom is -0.448 e. The zero-order valence-corrected chi connectivity index (χ0v) is 19.3. The molecule has 8 heteroatoms. The Morgan fingerprint density at radius 1 is 1.13 bits per heavy atom. The van der Waals surface area contributed by atoms with Gasteiger partial charge < -0.3 is 9.47 Å². The Balaban J connectivity index is 1.57. The van der Waals surface area contributed by atoms with E-state index in [1.54, 1.807) is 18.3 Å². The largest absolute Gasteiger partial charge is 0.448 e. The highest BCUT2D eigenvalue weighted by atomic mass is 127. The number of benzene rings is 2. The van der Waals surface area contributed by atoms with Crippen LogP contribution in [0.25, 0.3) is 0 Å². The van der Waals surface area contributed by atoms with Gasteiger partial charge >= 0.3 is 0 Å². The van der Waals surface area contributed by atoms with Gasteiger partial charge in [-0.3, -0.25) is 10.1 Å². The lowest BCUT2D eigenvalue weighted by molar-refractivity contribution is 0.0563. The third-order valence-electron chi connectivity index (χ3n) is 5.08. The number of carbonyl (C=O) groups excluding carboxylic acids is 1. The molecule has 2 aliphatic rings. The van der Waals surface area contributed by atoms with Crippen molar-refractivity contribution >= 4 is 50.4 Å². The summed E-state index contributed by atoms with van der Waals surface area (Å²) < 4.78 is 14.4. The van der Waals surface area contributed by atoms with Crippen molar-refractivity contribution in [3.63, 3.8) is 0 Å². The van der Waals surface area contributed by atoms with Crippen molar-refractivity contribution < 1.29 is 14.3 Å². The minimum absolute atomic E-state index is 0.188. The fourth-order valence-electron chi connectivity index (χ4n) is 3.72. The van der Waals surface area contributed by atoms with E-state index in [1.165, 1.54) is 0 Å². The highest BCUT2D eigenvalue weighted by Crippen LogP contribution is 2.51. The van der Waals surface area contributed by atoms with Crippen LogP contribution in [-0.2, 0) is 10.3 Å². The number of pyridine rings is 1. The minimum atomic E-state index is -0.859. The number of fused-ring (bicyclic) bond motifs is 4. The van der Waals surface area contributed by atoms with Gasteiger partial charge in [0.2, 0.25) is 5.88 Å². The molecule has 1 spiro atoms. The summed E-state index contributed by atoms with van der Waals surface area (Å²) in [5.74, 6) is 0.907. The number of rotatable bonds is 1. The first-order valence-electron chi connectivity index (χ1n) is 9.29. The molecule has 2 aromatic carbocycles. The fraction of sp³-hybridized carbons (Fsp3) is 0.136. The van der Waals surface area contributed by atoms with E-state index in [4.69, 9.17) is 9.47 Å². The summed E-state index contributed by atoms with van der Waals surface area (Å²) in [5.41, 5.74) is 1.37. The van der Waals surface area contributed by atoms with E-state index in [0.29, 0.717) is 30.2 Å². The average Bonchev–Trinajstić information content (AvgIpc) is 2.76. The maximum absolute atomic E-state index is 12.7. The van der Waals surface area contributed by atoms with Gasteiger partial charge in [-0.15, -0.1) is 0 Å². The predicted octanol–water partition coefficient (Wildman–Crippen LogP) is 5.00. The third kappa shape index (κ3) is 3.37. The molecule has 3 heterocycles. The van der Waals surface area contributed by atoms with Crippen LogP contribution in [0.1, 0.15) is 27.9 Å². The molecular formula is C22H15BrIN3O3. The molecule has 6 nitrogen and oxygen atoms in total. The molecule has 1 atom stereocenters. The Morgan fingerprint density at radius 3 is 2.80 bits per heavy atom. The third-order valence-corrected chi connectivity index (χ3v) is 6.19. The van der Waals surface area contributed by atoms with Crippen molar-refractivity contribution in [3.05, 3.63) is 85.5 Å². The first kappa shape index (κ1) is 19.5. The number of hydrogen-bond acceptors (Lipinski definition) is 5. The van der Waals surface area contributed by atoms with Crippen molar-refractivity contribution in [2.24, 2.45) is 4.99 Å². The van der Waals surface area contributed by atoms with Crippen LogP contribution >= 0.6 is 38.5 Å². The molecule has 30 heavy (non-hydrogen) atoms. The number of hydrogen-bond donors (Lipinski definition) is 1. The zero-order valence-electron chi connectivity index (χ0n) is 15.6. The maximum Gasteiger partial charge on any atom is 0.292 e. The smallest absolute Gasteiger partial charge is 0.292 e. The van der Waals surface area contributed by atoms with E-state index in [2.05, 4.69) is 53.8 Å². The molecule has 5 rings (SSSR count). The summed E-state index contributed by atoms with van der Waals surface area (Å²) in [4.78, 5) is 21.5. The van der Waals surface area contributed by atoms with Crippen LogP contribution in [0.4, 0.5) is 0 Å².